The standard InChI is InChI=1S/C19H25NO4/c1-19(2,3)24-17(21)11-14-9-10-16-20(18(14)22)15(12-23-16)13-7-5-4-6-8-13/h4-8,14-16H,9-12H2,1-3H3/t14-,15+,16-/m1/s1. The number of carbonyl (C=O) groups is 2. The van der Waals surface area contributed by atoms with E-state index in [0.29, 0.717) is 13.0 Å². The predicted octanol–water partition coefficient (Wildman–Crippen LogP) is 3.05. The van der Waals surface area contributed by atoms with Crippen molar-refractivity contribution in [2.75, 3.05) is 6.61 Å². The summed E-state index contributed by atoms with van der Waals surface area (Å²) in [4.78, 5) is 26.8. The third kappa shape index (κ3) is 3.61. The summed E-state index contributed by atoms with van der Waals surface area (Å²) in [7, 11) is 0. The van der Waals surface area contributed by atoms with Crippen molar-refractivity contribution in [3.8, 4) is 0 Å². The molecule has 1 aromatic rings. The second-order valence-electron chi connectivity index (χ2n) is 7.52. The summed E-state index contributed by atoms with van der Waals surface area (Å²) in [6, 6.07) is 9.86. The molecule has 2 aliphatic heterocycles. The van der Waals surface area contributed by atoms with Crippen molar-refractivity contribution in [2.45, 2.75) is 57.9 Å². The van der Waals surface area contributed by atoms with Gasteiger partial charge in [-0.15, -0.1) is 0 Å². The minimum absolute atomic E-state index is 0.00321. The Balaban J connectivity index is 1.71. The Labute approximate surface area is 142 Å². The topological polar surface area (TPSA) is 55.8 Å². The zero-order valence-corrected chi connectivity index (χ0v) is 14.5. The van der Waals surface area contributed by atoms with Gasteiger partial charge in [-0.2, -0.15) is 0 Å². The lowest BCUT2D eigenvalue weighted by molar-refractivity contribution is -0.162. The van der Waals surface area contributed by atoms with Gasteiger partial charge in [0.1, 0.15) is 11.8 Å². The quantitative estimate of drug-likeness (QED) is 0.799. The van der Waals surface area contributed by atoms with E-state index in [2.05, 4.69) is 0 Å². The fourth-order valence-corrected chi connectivity index (χ4v) is 3.47. The lowest BCUT2D eigenvalue weighted by atomic mass is 9.91. The van der Waals surface area contributed by atoms with Gasteiger partial charge >= 0.3 is 5.97 Å². The molecule has 1 amide bonds. The zero-order chi connectivity index (χ0) is 17.3. The third-order valence-electron chi connectivity index (χ3n) is 4.48. The van der Waals surface area contributed by atoms with E-state index in [4.69, 9.17) is 9.47 Å². The predicted molar refractivity (Wildman–Crippen MR) is 89.0 cm³/mol. The maximum atomic E-state index is 12.9. The summed E-state index contributed by atoms with van der Waals surface area (Å²) in [5.41, 5.74) is 0.548. The molecule has 1 aromatic carbocycles. The first-order valence-corrected chi connectivity index (χ1v) is 8.56. The van der Waals surface area contributed by atoms with E-state index in [0.717, 1.165) is 12.0 Å². The zero-order valence-electron chi connectivity index (χ0n) is 14.5. The van der Waals surface area contributed by atoms with Crippen LogP contribution in [0.3, 0.4) is 0 Å². The number of hydrogen-bond acceptors (Lipinski definition) is 4. The first-order valence-electron chi connectivity index (χ1n) is 8.56. The van der Waals surface area contributed by atoms with Crippen LogP contribution >= 0.6 is 0 Å². The molecule has 0 aromatic heterocycles. The number of rotatable bonds is 3. The molecule has 24 heavy (non-hydrogen) atoms. The molecule has 0 N–H and O–H groups in total. The lowest BCUT2D eigenvalue weighted by Crippen LogP contribution is -2.46. The van der Waals surface area contributed by atoms with Crippen LogP contribution in [0.4, 0.5) is 0 Å². The van der Waals surface area contributed by atoms with Crippen molar-refractivity contribution in [3.63, 3.8) is 0 Å². The van der Waals surface area contributed by atoms with Crippen molar-refractivity contribution in [1.82, 2.24) is 4.90 Å². The molecule has 2 fully saturated rings. The summed E-state index contributed by atoms with van der Waals surface area (Å²) in [5.74, 6) is -0.622. The summed E-state index contributed by atoms with van der Waals surface area (Å²) in [6.45, 7) is 6.02. The highest BCUT2D eigenvalue weighted by molar-refractivity contribution is 5.85. The second kappa shape index (κ2) is 6.55. The Bertz CT molecular complexity index is 608. The van der Waals surface area contributed by atoms with Gasteiger partial charge in [0.15, 0.2) is 0 Å². The molecule has 2 saturated heterocycles. The average Bonchev–Trinajstić information content (AvgIpc) is 2.94. The highest BCUT2D eigenvalue weighted by atomic mass is 16.6. The van der Waals surface area contributed by atoms with E-state index in [1.165, 1.54) is 0 Å². The van der Waals surface area contributed by atoms with Gasteiger partial charge in [-0.05, 0) is 39.2 Å². The highest BCUT2D eigenvalue weighted by Crippen LogP contribution is 2.38. The maximum absolute atomic E-state index is 12.9. The minimum atomic E-state index is -0.527. The van der Waals surface area contributed by atoms with Crippen molar-refractivity contribution in [1.29, 1.82) is 0 Å². The van der Waals surface area contributed by atoms with Crippen LogP contribution in [0.5, 0.6) is 0 Å². The van der Waals surface area contributed by atoms with Gasteiger partial charge in [-0.3, -0.25) is 9.59 Å². The van der Waals surface area contributed by atoms with Gasteiger partial charge < -0.3 is 14.4 Å². The van der Waals surface area contributed by atoms with E-state index in [1.54, 1.807) is 0 Å². The van der Waals surface area contributed by atoms with E-state index < -0.39 is 5.60 Å². The SMILES string of the molecule is CC(C)(C)OC(=O)C[C@H]1CC[C@H]2OC[C@@H](c3ccccc3)N2C1=O. The molecule has 5 nitrogen and oxygen atoms in total. The number of nitrogens with zero attached hydrogens (tertiary/aromatic N) is 1. The van der Waals surface area contributed by atoms with Gasteiger partial charge in [0.2, 0.25) is 5.91 Å². The van der Waals surface area contributed by atoms with Crippen LogP contribution in [0, 0.1) is 5.92 Å². The van der Waals surface area contributed by atoms with Crippen molar-refractivity contribution >= 4 is 11.9 Å². The van der Waals surface area contributed by atoms with Crippen molar-refractivity contribution in [2.24, 2.45) is 5.92 Å². The third-order valence-corrected chi connectivity index (χ3v) is 4.48. The van der Waals surface area contributed by atoms with Crippen LogP contribution in [-0.4, -0.2) is 35.2 Å². The molecule has 2 heterocycles. The first kappa shape index (κ1) is 17.0. The smallest absolute Gasteiger partial charge is 0.307 e. The van der Waals surface area contributed by atoms with Crippen LogP contribution in [0.1, 0.15) is 51.6 Å². The summed E-state index contributed by atoms with van der Waals surface area (Å²) in [6.07, 6.45) is 1.40. The molecule has 2 aliphatic rings. The number of ether oxygens (including phenoxy) is 2. The minimum Gasteiger partial charge on any atom is -0.460 e. The van der Waals surface area contributed by atoms with Gasteiger partial charge in [0, 0.05) is 5.92 Å². The summed E-state index contributed by atoms with van der Waals surface area (Å²) < 4.78 is 11.2. The Morgan fingerprint density at radius 3 is 2.62 bits per heavy atom. The maximum Gasteiger partial charge on any atom is 0.307 e. The molecule has 0 spiro atoms. The van der Waals surface area contributed by atoms with Crippen molar-refractivity contribution in [3.05, 3.63) is 35.9 Å². The summed E-state index contributed by atoms with van der Waals surface area (Å²) >= 11 is 0. The number of esters is 1. The molecule has 0 aliphatic carbocycles. The Morgan fingerprint density at radius 1 is 1.25 bits per heavy atom. The van der Waals surface area contributed by atoms with Gasteiger partial charge in [0.25, 0.3) is 0 Å². The molecular weight excluding hydrogens is 306 g/mol. The molecule has 0 saturated carbocycles. The lowest BCUT2D eigenvalue weighted by Gasteiger charge is -2.36. The summed E-state index contributed by atoms with van der Waals surface area (Å²) in [5, 5.41) is 0. The molecule has 0 bridgehead atoms. The molecule has 3 rings (SSSR count). The monoisotopic (exact) mass is 331 g/mol. The fraction of sp³-hybridized carbons (Fsp3) is 0.579. The van der Waals surface area contributed by atoms with E-state index in [9.17, 15) is 9.59 Å². The molecule has 0 unspecified atom stereocenters. The van der Waals surface area contributed by atoms with E-state index in [1.807, 2.05) is 56.0 Å². The number of benzene rings is 1. The highest BCUT2D eigenvalue weighted by Gasteiger charge is 2.45. The van der Waals surface area contributed by atoms with Crippen LogP contribution in [0.25, 0.3) is 0 Å². The Kier molecular flexibility index (Phi) is 4.63. The molecule has 0 radical (unpaired) electrons. The van der Waals surface area contributed by atoms with Crippen molar-refractivity contribution < 1.29 is 19.1 Å². The van der Waals surface area contributed by atoms with Crippen LogP contribution in [0.2, 0.25) is 0 Å². The fourth-order valence-electron chi connectivity index (χ4n) is 3.47. The molecule has 5 heteroatoms. The number of hydrogen-bond donors (Lipinski definition) is 0. The Morgan fingerprint density at radius 2 is 1.96 bits per heavy atom. The normalized spacial score (nSPS) is 27.0. The van der Waals surface area contributed by atoms with E-state index >= 15 is 0 Å². The Hall–Kier alpha value is -1.88. The number of carbonyl (C=O) groups excluding carboxylic acids is 2. The van der Waals surface area contributed by atoms with Gasteiger partial charge in [0.05, 0.1) is 19.1 Å². The first-order chi connectivity index (χ1) is 11.3. The van der Waals surface area contributed by atoms with E-state index in [-0.39, 0.29) is 36.5 Å². The number of amides is 1. The second-order valence-corrected chi connectivity index (χ2v) is 7.52. The van der Waals surface area contributed by atoms with Gasteiger partial charge in [-0.1, -0.05) is 30.3 Å². The molecular formula is C19H25NO4. The number of piperidine rings is 1. The largest absolute Gasteiger partial charge is 0.460 e. The van der Waals surface area contributed by atoms with Gasteiger partial charge in [-0.25, -0.2) is 0 Å². The average molecular weight is 331 g/mol. The van der Waals surface area contributed by atoms with Crippen LogP contribution < -0.4 is 0 Å². The number of fused-ring (bicyclic) bond motifs is 1. The van der Waals surface area contributed by atoms with Crippen LogP contribution in [0.15, 0.2) is 30.3 Å². The van der Waals surface area contributed by atoms with Crippen LogP contribution in [-0.2, 0) is 19.1 Å². The molecule has 3 atom stereocenters. The molecule has 130 valence electrons.